The highest BCUT2D eigenvalue weighted by atomic mass is 16.2. The summed E-state index contributed by atoms with van der Waals surface area (Å²) in [4.78, 5) is 41.8. The molecule has 1 saturated heterocycles. The maximum Gasteiger partial charge on any atom is 0.256 e. The fraction of sp³-hybridized carbons (Fsp3) is 0.222. The Morgan fingerprint density at radius 1 is 0.882 bits per heavy atom. The normalized spacial score (nSPS) is 15.5. The molecule has 1 aliphatic rings. The number of piperazine rings is 1. The number of benzene rings is 3. The van der Waals surface area contributed by atoms with Crippen LogP contribution in [0.25, 0.3) is 0 Å². The number of carbonyl (C=O) groups is 3. The number of para-hydroxylation sites is 2. The van der Waals surface area contributed by atoms with Crippen LogP contribution in [0.5, 0.6) is 0 Å². The van der Waals surface area contributed by atoms with Gasteiger partial charge in [0.1, 0.15) is 0 Å². The third kappa shape index (κ3) is 4.93. The number of anilines is 2. The summed E-state index contributed by atoms with van der Waals surface area (Å²) in [6, 6.07) is 24.0. The zero-order chi connectivity index (χ0) is 24.1. The summed E-state index contributed by atoms with van der Waals surface area (Å²) >= 11 is 0. The van der Waals surface area contributed by atoms with E-state index in [0.717, 1.165) is 11.3 Å². The van der Waals surface area contributed by atoms with E-state index < -0.39 is 0 Å². The summed E-state index contributed by atoms with van der Waals surface area (Å²) < 4.78 is 0. The number of nitrogens with one attached hydrogen (secondary N) is 2. The van der Waals surface area contributed by atoms with Crippen LogP contribution in [0, 0.1) is 0 Å². The molecule has 1 aliphatic heterocycles. The van der Waals surface area contributed by atoms with Crippen LogP contribution in [0.4, 0.5) is 11.4 Å². The molecule has 4 rings (SSSR count). The average Bonchev–Trinajstić information content (AvgIpc) is 2.88. The van der Waals surface area contributed by atoms with E-state index in [4.69, 9.17) is 0 Å². The lowest BCUT2D eigenvalue weighted by molar-refractivity contribution is -0.131. The standard InChI is InChI=1S/C27H28N4O3/c1-19(32)30-15-16-31(25(18-30)20-9-8-10-21(17-20)26(33)28-2)27(34)23-13-6-7-14-24(23)29-22-11-4-3-5-12-22/h3-14,17,25,29H,15-16,18H2,1-2H3,(H,28,33). The largest absolute Gasteiger partial charge is 0.355 e. The Labute approximate surface area is 199 Å². The summed E-state index contributed by atoms with van der Waals surface area (Å²) in [5.41, 5.74) is 3.48. The van der Waals surface area contributed by atoms with Crippen molar-refractivity contribution in [2.45, 2.75) is 13.0 Å². The third-order valence-electron chi connectivity index (χ3n) is 6.06. The van der Waals surface area contributed by atoms with Gasteiger partial charge in [0, 0.05) is 44.9 Å². The minimum atomic E-state index is -0.375. The van der Waals surface area contributed by atoms with E-state index in [-0.39, 0.29) is 23.8 Å². The van der Waals surface area contributed by atoms with Crippen molar-refractivity contribution < 1.29 is 14.4 Å². The molecule has 3 aromatic carbocycles. The molecule has 3 aromatic rings. The van der Waals surface area contributed by atoms with Crippen molar-refractivity contribution in [1.29, 1.82) is 0 Å². The van der Waals surface area contributed by atoms with E-state index in [1.54, 1.807) is 35.0 Å². The topological polar surface area (TPSA) is 81.8 Å². The van der Waals surface area contributed by atoms with E-state index in [1.807, 2.05) is 60.7 Å². The van der Waals surface area contributed by atoms with E-state index in [0.29, 0.717) is 36.4 Å². The Morgan fingerprint density at radius 3 is 2.35 bits per heavy atom. The van der Waals surface area contributed by atoms with Crippen LogP contribution in [-0.4, -0.2) is 54.2 Å². The molecule has 0 saturated carbocycles. The van der Waals surface area contributed by atoms with E-state index in [2.05, 4.69) is 10.6 Å². The Hall–Kier alpha value is -4.13. The molecule has 1 atom stereocenters. The molecule has 174 valence electrons. The zero-order valence-corrected chi connectivity index (χ0v) is 19.3. The average molecular weight is 457 g/mol. The lowest BCUT2D eigenvalue weighted by Crippen LogP contribution is -2.52. The van der Waals surface area contributed by atoms with Crippen LogP contribution >= 0.6 is 0 Å². The highest BCUT2D eigenvalue weighted by molar-refractivity contribution is 6.01. The van der Waals surface area contributed by atoms with Crippen molar-refractivity contribution in [1.82, 2.24) is 15.1 Å². The fourth-order valence-corrected chi connectivity index (χ4v) is 4.24. The molecule has 7 heteroatoms. The fourth-order valence-electron chi connectivity index (χ4n) is 4.24. The van der Waals surface area contributed by atoms with Crippen molar-refractivity contribution in [2.75, 3.05) is 32.0 Å². The van der Waals surface area contributed by atoms with Crippen LogP contribution in [-0.2, 0) is 4.79 Å². The van der Waals surface area contributed by atoms with Gasteiger partial charge in [0.05, 0.1) is 17.3 Å². The van der Waals surface area contributed by atoms with Gasteiger partial charge in [-0.2, -0.15) is 0 Å². The Kier molecular flexibility index (Phi) is 6.92. The van der Waals surface area contributed by atoms with Crippen LogP contribution in [0.2, 0.25) is 0 Å². The lowest BCUT2D eigenvalue weighted by atomic mass is 9.98. The predicted octanol–water partition coefficient (Wildman–Crippen LogP) is 3.84. The molecule has 0 radical (unpaired) electrons. The second kappa shape index (κ2) is 10.2. The molecule has 1 unspecified atom stereocenters. The Bertz CT molecular complexity index is 1200. The van der Waals surface area contributed by atoms with Gasteiger partial charge in [0.2, 0.25) is 5.91 Å². The molecule has 7 nitrogen and oxygen atoms in total. The molecule has 2 N–H and O–H groups in total. The summed E-state index contributed by atoms with van der Waals surface area (Å²) in [7, 11) is 1.58. The monoisotopic (exact) mass is 456 g/mol. The number of rotatable bonds is 5. The first-order valence-electron chi connectivity index (χ1n) is 11.3. The minimum absolute atomic E-state index is 0.0364. The first-order valence-corrected chi connectivity index (χ1v) is 11.3. The second-order valence-corrected chi connectivity index (χ2v) is 8.22. The number of hydrogen-bond donors (Lipinski definition) is 2. The molecule has 1 fully saturated rings. The highest BCUT2D eigenvalue weighted by Gasteiger charge is 2.34. The second-order valence-electron chi connectivity index (χ2n) is 8.22. The van der Waals surface area contributed by atoms with Gasteiger partial charge < -0.3 is 20.4 Å². The molecular formula is C27H28N4O3. The van der Waals surface area contributed by atoms with Crippen LogP contribution < -0.4 is 10.6 Å². The Morgan fingerprint density at radius 2 is 1.62 bits per heavy atom. The molecule has 3 amide bonds. The SMILES string of the molecule is CNC(=O)c1cccc(C2CN(C(C)=O)CCN2C(=O)c2ccccc2Nc2ccccc2)c1. The molecule has 0 bridgehead atoms. The third-order valence-corrected chi connectivity index (χ3v) is 6.06. The quantitative estimate of drug-likeness (QED) is 0.611. The summed E-state index contributed by atoms with van der Waals surface area (Å²) in [6.07, 6.45) is 0. The van der Waals surface area contributed by atoms with Gasteiger partial charge in [-0.3, -0.25) is 14.4 Å². The summed E-state index contributed by atoms with van der Waals surface area (Å²) in [5, 5.41) is 5.98. The van der Waals surface area contributed by atoms with Crippen molar-refractivity contribution in [3.8, 4) is 0 Å². The van der Waals surface area contributed by atoms with Gasteiger partial charge in [0.15, 0.2) is 0 Å². The molecule has 0 spiro atoms. The maximum atomic E-state index is 13.8. The number of carbonyl (C=O) groups excluding carboxylic acids is 3. The molecule has 1 heterocycles. The Balaban J connectivity index is 1.69. The number of amides is 3. The van der Waals surface area contributed by atoms with Gasteiger partial charge in [0.25, 0.3) is 11.8 Å². The molecule has 0 aromatic heterocycles. The van der Waals surface area contributed by atoms with E-state index in [1.165, 1.54) is 6.92 Å². The first-order chi connectivity index (χ1) is 16.5. The van der Waals surface area contributed by atoms with Gasteiger partial charge in [-0.15, -0.1) is 0 Å². The van der Waals surface area contributed by atoms with Crippen LogP contribution in [0.3, 0.4) is 0 Å². The van der Waals surface area contributed by atoms with E-state index >= 15 is 0 Å². The van der Waals surface area contributed by atoms with Crippen LogP contribution in [0.15, 0.2) is 78.9 Å². The maximum absolute atomic E-state index is 13.8. The molecule has 0 aliphatic carbocycles. The number of nitrogens with zero attached hydrogens (tertiary/aromatic N) is 2. The summed E-state index contributed by atoms with van der Waals surface area (Å²) in [6.45, 7) is 2.76. The van der Waals surface area contributed by atoms with E-state index in [9.17, 15) is 14.4 Å². The lowest BCUT2D eigenvalue weighted by Gasteiger charge is -2.41. The van der Waals surface area contributed by atoms with Gasteiger partial charge >= 0.3 is 0 Å². The summed E-state index contributed by atoms with van der Waals surface area (Å²) in [5.74, 6) is -0.361. The zero-order valence-electron chi connectivity index (χ0n) is 19.3. The molecule has 34 heavy (non-hydrogen) atoms. The smallest absolute Gasteiger partial charge is 0.256 e. The van der Waals surface area contributed by atoms with Crippen molar-refractivity contribution in [3.05, 3.63) is 95.6 Å². The van der Waals surface area contributed by atoms with Crippen LogP contribution in [0.1, 0.15) is 39.2 Å². The molecular weight excluding hydrogens is 428 g/mol. The highest BCUT2D eigenvalue weighted by Crippen LogP contribution is 2.30. The van der Waals surface area contributed by atoms with Crippen molar-refractivity contribution in [2.24, 2.45) is 0 Å². The van der Waals surface area contributed by atoms with Crippen molar-refractivity contribution >= 4 is 29.1 Å². The number of hydrogen-bond acceptors (Lipinski definition) is 4. The predicted molar refractivity (Wildman–Crippen MR) is 132 cm³/mol. The van der Waals surface area contributed by atoms with Gasteiger partial charge in [-0.25, -0.2) is 0 Å². The minimum Gasteiger partial charge on any atom is -0.355 e. The van der Waals surface area contributed by atoms with Gasteiger partial charge in [-0.05, 0) is 42.0 Å². The van der Waals surface area contributed by atoms with Gasteiger partial charge in [-0.1, -0.05) is 42.5 Å². The van der Waals surface area contributed by atoms with Crippen molar-refractivity contribution in [3.63, 3.8) is 0 Å². The first kappa shape index (κ1) is 23.0.